The Morgan fingerprint density at radius 2 is 2.00 bits per heavy atom. The molecule has 0 amide bonds. The number of hydrogen-bond donors (Lipinski definition) is 1. The van der Waals surface area contributed by atoms with Crippen LogP contribution >= 0.6 is 0 Å². The van der Waals surface area contributed by atoms with Gasteiger partial charge in [0.1, 0.15) is 18.0 Å². The zero-order valence-electron chi connectivity index (χ0n) is 11.3. The van der Waals surface area contributed by atoms with Gasteiger partial charge in [-0.1, -0.05) is 0 Å². The van der Waals surface area contributed by atoms with Crippen LogP contribution in [0.25, 0.3) is 0 Å². The Kier molecular flexibility index (Phi) is 4.13. The van der Waals surface area contributed by atoms with Crippen LogP contribution in [-0.4, -0.2) is 42.8 Å². The van der Waals surface area contributed by atoms with E-state index in [4.69, 9.17) is 4.74 Å². The van der Waals surface area contributed by atoms with Gasteiger partial charge in [-0.2, -0.15) is 0 Å². The van der Waals surface area contributed by atoms with Crippen molar-refractivity contribution in [3.8, 4) is 0 Å². The van der Waals surface area contributed by atoms with Crippen LogP contribution in [0, 0.1) is 5.92 Å². The van der Waals surface area contributed by atoms with Gasteiger partial charge >= 0.3 is 0 Å². The third-order valence-corrected chi connectivity index (χ3v) is 4.00. The first-order chi connectivity index (χ1) is 9.42. The summed E-state index contributed by atoms with van der Waals surface area (Å²) < 4.78 is 5.38. The molecule has 104 valence electrons. The van der Waals surface area contributed by atoms with E-state index in [0.717, 1.165) is 57.3 Å². The van der Waals surface area contributed by atoms with E-state index >= 15 is 0 Å². The van der Waals surface area contributed by atoms with E-state index in [9.17, 15) is 0 Å². The van der Waals surface area contributed by atoms with Crippen molar-refractivity contribution in [3.05, 3.63) is 12.4 Å². The Morgan fingerprint density at radius 3 is 2.79 bits per heavy atom. The van der Waals surface area contributed by atoms with Crippen molar-refractivity contribution in [2.24, 2.45) is 5.92 Å². The molecule has 1 aromatic heterocycles. The predicted molar refractivity (Wildman–Crippen MR) is 75.5 cm³/mol. The fourth-order valence-electron chi connectivity index (χ4n) is 2.76. The Hall–Kier alpha value is -1.36. The van der Waals surface area contributed by atoms with Crippen LogP contribution in [0.15, 0.2) is 12.4 Å². The van der Waals surface area contributed by atoms with Crippen LogP contribution in [0.4, 0.5) is 11.6 Å². The van der Waals surface area contributed by atoms with Crippen molar-refractivity contribution in [3.63, 3.8) is 0 Å². The van der Waals surface area contributed by atoms with E-state index < -0.39 is 0 Å². The molecule has 0 aliphatic carbocycles. The van der Waals surface area contributed by atoms with Crippen LogP contribution in [-0.2, 0) is 4.74 Å². The highest BCUT2D eigenvalue weighted by molar-refractivity contribution is 5.48. The smallest absolute Gasteiger partial charge is 0.134 e. The summed E-state index contributed by atoms with van der Waals surface area (Å²) in [6, 6.07) is 2.07. The second-order valence-electron chi connectivity index (χ2n) is 5.39. The molecule has 0 atom stereocenters. The summed E-state index contributed by atoms with van der Waals surface area (Å²) in [6.07, 6.45) is 6.51. The second kappa shape index (κ2) is 6.19. The van der Waals surface area contributed by atoms with Gasteiger partial charge in [0.2, 0.25) is 0 Å². The Balaban J connectivity index is 1.56. The van der Waals surface area contributed by atoms with Gasteiger partial charge in [-0.05, 0) is 31.6 Å². The van der Waals surface area contributed by atoms with Crippen molar-refractivity contribution in [1.29, 1.82) is 0 Å². The quantitative estimate of drug-likeness (QED) is 0.898. The lowest BCUT2D eigenvalue weighted by Gasteiger charge is -2.22. The number of anilines is 2. The third kappa shape index (κ3) is 3.35. The molecule has 0 aromatic carbocycles. The summed E-state index contributed by atoms with van der Waals surface area (Å²) in [5.74, 6) is 2.71. The molecule has 0 radical (unpaired) electrons. The molecule has 2 saturated heterocycles. The lowest BCUT2D eigenvalue weighted by atomic mass is 10.0. The lowest BCUT2D eigenvalue weighted by molar-refractivity contribution is 0.0699. The molecule has 2 aliphatic heterocycles. The maximum absolute atomic E-state index is 5.38. The highest BCUT2D eigenvalue weighted by Gasteiger charge is 2.15. The largest absolute Gasteiger partial charge is 0.381 e. The minimum Gasteiger partial charge on any atom is -0.381 e. The number of nitrogens with zero attached hydrogens (tertiary/aromatic N) is 3. The van der Waals surface area contributed by atoms with Gasteiger partial charge in [-0.3, -0.25) is 0 Å². The van der Waals surface area contributed by atoms with E-state index in [-0.39, 0.29) is 0 Å². The van der Waals surface area contributed by atoms with Crippen molar-refractivity contribution in [2.75, 3.05) is 43.1 Å². The standard InChI is InChI=1S/C14H22N4O/c1-2-6-18(5-1)14-9-13(16-11-17-14)15-10-12-3-7-19-8-4-12/h9,11-12H,1-8,10H2,(H,15,16,17). The molecule has 3 heterocycles. The minimum absolute atomic E-state index is 0.707. The van der Waals surface area contributed by atoms with Gasteiger partial charge in [-0.25, -0.2) is 9.97 Å². The van der Waals surface area contributed by atoms with Crippen molar-refractivity contribution in [2.45, 2.75) is 25.7 Å². The van der Waals surface area contributed by atoms with Gasteiger partial charge in [-0.15, -0.1) is 0 Å². The van der Waals surface area contributed by atoms with Crippen molar-refractivity contribution in [1.82, 2.24) is 9.97 Å². The predicted octanol–water partition coefficient (Wildman–Crippen LogP) is 1.92. The van der Waals surface area contributed by atoms with Crippen LogP contribution in [0.3, 0.4) is 0 Å². The Bertz CT molecular complexity index is 400. The van der Waals surface area contributed by atoms with Crippen molar-refractivity contribution < 1.29 is 4.74 Å². The maximum Gasteiger partial charge on any atom is 0.134 e. The average molecular weight is 262 g/mol. The molecule has 19 heavy (non-hydrogen) atoms. The summed E-state index contributed by atoms with van der Waals surface area (Å²) in [4.78, 5) is 11.0. The molecule has 2 fully saturated rings. The molecular formula is C14H22N4O. The van der Waals surface area contributed by atoms with E-state index in [1.54, 1.807) is 6.33 Å². The van der Waals surface area contributed by atoms with E-state index in [0.29, 0.717) is 5.92 Å². The molecule has 0 saturated carbocycles. The van der Waals surface area contributed by atoms with E-state index in [1.807, 2.05) is 0 Å². The Labute approximate surface area is 114 Å². The fourth-order valence-corrected chi connectivity index (χ4v) is 2.76. The number of rotatable bonds is 4. The van der Waals surface area contributed by atoms with Gasteiger partial charge in [0.25, 0.3) is 0 Å². The normalized spacial score (nSPS) is 20.7. The molecule has 2 aliphatic rings. The second-order valence-corrected chi connectivity index (χ2v) is 5.39. The first-order valence-electron chi connectivity index (χ1n) is 7.30. The molecule has 5 nitrogen and oxygen atoms in total. The summed E-state index contributed by atoms with van der Waals surface area (Å²) >= 11 is 0. The number of nitrogens with one attached hydrogen (secondary N) is 1. The maximum atomic E-state index is 5.38. The summed E-state index contributed by atoms with van der Waals surface area (Å²) in [6.45, 7) is 5.02. The van der Waals surface area contributed by atoms with E-state index in [1.165, 1.54) is 12.8 Å². The van der Waals surface area contributed by atoms with Gasteiger partial charge < -0.3 is 15.0 Å². The SMILES string of the molecule is c1nc(NCC2CCOCC2)cc(N2CCCC2)n1. The lowest BCUT2D eigenvalue weighted by Crippen LogP contribution is -2.23. The molecule has 5 heteroatoms. The van der Waals surface area contributed by atoms with Gasteiger partial charge in [0.15, 0.2) is 0 Å². The summed E-state index contributed by atoms with van der Waals surface area (Å²) in [5.41, 5.74) is 0. The molecule has 0 unspecified atom stereocenters. The minimum atomic E-state index is 0.707. The highest BCUT2D eigenvalue weighted by Crippen LogP contribution is 2.20. The zero-order valence-corrected chi connectivity index (χ0v) is 11.3. The number of hydrogen-bond acceptors (Lipinski definition) is 5. The van der Waals surface area contributed by atoms with Gasteiger partial charge in [0, 0.05) is 38.9 Å². The van der Waals surface area contributed by atoms with Crippen LogP contribution in [0.2, 0.25) is 0 Å². The number of aromatic nitrogens is 2. The monoisotopic (exact) mass is 262 g/mol. The van der Waals surface area contributed by atoms with Crippen LogP contribution in [0.1, 0.15) is 25.7 Å². The summed E-state index contributed by atoms with van der Waals surface area (Å²) in [7, 11) is 0. The third-order valence-electron chi connectivity index (χ3n) is 4.00. The Morgan fingerprint density at radius 1 is 1.21 bits per heavy atom. The fraction of sp³-hybridized carbons (Fsp3) is 0.714. The molecule has 0 spiro atoms. The molecule has 0 bridgehead atoms. The number of ether oxygens (including phenoxy) is 1. The first kappa shape index (κ1) is 12.7. The molecular weight excluding hydrogens is 240 g/mol. The topological polar surface area (TPSA) is 50.3 Å². The highest BCUT2D eigenvalue weighted by atomic mass is 16.5. The van der Waals surface area contributed by atoms with Crippen molar-refractivity contribution >= 4 is 11.6 Å². The molecule has 1 aromatic rings. The van der Waals surface area contributed by atoms with Crippen LogP contribution in [0.5, 0.6) is 0 Å². The van der Waals surface area contributed by atoms with Gasteiger partial charge in [0.05, 0.1) is 0 Å². The molecule has 1 N–H and O–H groups in total. The molecule has 3 rings (SSSR count). The summed E-state index contributed by atoms with van der Waals surface area (Å²) in [5, 5.41) is 3.44. The first-order valence-corrected chi connectivity index (χ1v) is 7.30. The van der Waals surface area contributed by atoms with Crippen LogP contribution < -0.4 is 10.2 Å². The van der Waals surface area contributed by atoms with E-state index in [2.05, 4.69) is 26.3 Å². The average Bonchev–Trinajstić information content (AvgIpc) is 3.01. The zero-order chi connectivity index (χ0) is 12.9.